The van der Waals surface area contributed by atoms with Crippen molar-refractivity contribution < 1.29 is 18.8 Å². The highest BCUT2D eigenvalue weighted by Gasteiger charge is 2.30. The lowest BCUT2D eigenvalue weighted by Gasteiger charge is -2.17. The maximum Gasteiger partial charge on any atom is 0.225 e. The summed E-state index contributed by atoms with van der Waals surface area (Å²) in [4.78, 5) is 37.9. The molecule has 27 heavy (non-hydrogen) atoms. The molecule has 140 valence electrons. The van der Waals surface area contributed by atoms with E-state index in [1.165, 1.54) is 12.1 Å². The fourth-order valence-electron chi connectivity index (χ4n) is 3.17. The average molecular weight is 368 g/mol. The van der Waals surface area contributed by atoms with Gasteiger partial charge in [0.15, 0.2) is 5.78 Å². The first-order valence-corrected chi connectivity index (χ1v) is 8.91. The van der Waals surface area contributed by atoms with Crippen LogP contribution in [0.3, 0.4) is 0 Å². The Balaban J connectivity index is 1.46. The molecule has 0 bridgehead atoms. The molecule has 0 spiro atoms. The number of benzene rings is 2. The summed E-state index contributed by atoms with van der Waals surface area (Å²) < 4.78 is 13.3. The van der Waals surface area contributed by atoms with Crippen LogP contribution in [0.5, 0.6) is 0 Å². The number of rotatable bonds is 7. The second-order valence-corrected chi connectivity index (χ2v) is 6.66. The van der Waals surface area contributed by atoms with E-state index in [1.807, 2.05) is 6.07 Å². The molecule has 1 aliphatic rings. The molecule has 1 saturated heterocycles. The van der Waals surface area contributed by atoms with Crippen molar-refractivity contribution >= 4 is 17.6 Å². The van der Waals surface area contributed by atoms with Gasteiger partial charge in [0.2, 0.25) is 11.8 Å². The Morgan fingerprint density at radius 1 is 1.07 bits per heavy atom. The largest absolute Gasteiger partial charge is 0.351 e. The molecule has 1 atom stereocenters. The Kier molecular flexibility index (Phi) is 5.96. The number of Topliss-reactive ketones (excluding diaryl/α,β-unsaturated/α-hetero) is 1. The van der Waals surface area contributed by atoms with Gasteiger partial charge in [-0.15, -0.1) is 0 Å². The zero-order chi connectivity index (χ0) is 19.2. The molecular formula is C21H21FN2O3. The molecule has 1 heterocycles. The highest BCUT2D eigenvalue weighted by Crippen LogP contribution is 2.16. The van der Waals surface area contributed by atoms with Gasteiger partial charge in [0.05, 0.1) is 6.04 Å². The molecule has 2 aromatic carbocycles. The fraction of sp³-hybridized carbons (Fsp3) is 0.286. The highest BCUT2D eigenvalue weighted by atomic mass is 19.1. The van der Waals surface area contributed by atoms with Crippen LogP contribution in [-0.2, 0) is 16.1 Å². The molecule has 1 unspecified atom stereocenters. The van der Waals surface area contributed by atoms with Crippen LogP contribution in [0.2, 0.25) is 0 Å². The van der Waals surface area contributed by atoms with E-state index in [2.05, 4.69) is 5.32 Å². The van der Waals surface area contributed by atoms with Crippen molar-refractivity contribution in [1.82, 2.24) is 10.2 Å². The van der Waals surface area contributed by atoms with Gasteiger partial charge in [-0.05, 0) is 17.7 Å². The van der Waals surface area contributed by atoms with E-state index in [0.717, 1.165) is 0 Å². The first-order chi connectivity index (χ1) is 13.0. The topological polar surface area (TPSA) is 66.5 Å². The summed E-state index contributed by atoms with van der Waals surface area (Å²) in [6, 6.07) is 14.7. The van der Waals surface area contributed by atoms with Gasteiger partial charge in [-0.2, -0.15) is 0 Å². The van der Waals surface area contributed by atoms with E-state index in [1.54, 1.807) is 41.3 Å². The number of amides is 2. The number of halogens is 1. The molecule has 1 N–H and O–H groups in total. The Labute approximate surface area is 157 Å². The SMILES string of the molecule is O=C(CCC(=O)c1ccccc1)NC1CC(=O)N(Cc2cccc(F)c2)C1. The van der Waals surface area contributed by atoms with Gasteiger partial charge in [-0.25, -0.2) is 4.39 Å². The van der Waals surface area contributed by atoms with Crippen LogP contribution in [-0.4, -0.2) is 35.1 Å². The molecule has 2 amide bonds. The second-order valence-electron chi connectivity index (χ2n) is 6.66. The number of nitrogens with one attached hydrogen (secondary N) is 1. The van der Waals surface area contributed by atoms with Crippen molar-refractivity contribution in [1.29, 1.82) is 0 Å². The van der Waals surface area contributed by atoms with Crippen LogP contribution >= 0.6 is 0 Å². The van der Waals surface area contributed by atoms with E-state index in [0.29, 0.717) is 24.2 Å². The summed E-state index contributed by atoms with van der Waals surface area (Å²) in [6.07, 6.45) is 0.430. The lowest BCUT2D eigenvalue weighted by Crippen LogP contribution is -2.37. The zero-order valence-corrected chi connectivity index (χ0v) is 14.9. The Hall–Kier alpha value is -3.02. The van der Waals surface area contributed by atoms with Crippen molar-refractivity contribution in [2.24, 2.45) is 0 Å². The monoisotopic (exact) mass is 368 g/mol. The van der Waals surface area contributed by atoms with E-state index in [9.17, 15) is 18.8 Å². The normalized spacial score (nSPS) is 16.4. The average Bonchev–Trinajstić information content (AvgIpc) is 2.99. The predicted molar refractivity (Wildman–Crippen MR) is 98.4 cm³/mol. The van der Waals surface area contributed by atoms with E-state index in [4.69, 9.17) is 0 Å². The standard InChI is InChI=1S/C21H21FN2O3/c22-17-8-4-5-15(11-17)13-24-14-18(12-21(24)27)23-20(26)10-9-19(25)16-6-2-1-3-7-16/h1-8,11,18H,9-10,12-14H2,(H,23,26). The molecule has 0 radical (unpaired) electrons. The number of nitrogens with zero attached hydrogens (tertiary/aromatic N) is 1. The van der Waals surface area contributed by atoms with Gasteiger partial charge < -0.3 is 10.2 Å². The molecule has 3 rings (SSSR count). The second kappa shape index (κ2) is 8.58. The zero-order valence-electron chi connectivity index (χ0n) is 14.9. The molecule has 1 aliphatic heterocycles. The molecule has 5 nitrogen and oxygen atoms in total. The van der Waals surface area contributed by atoms with Gasteiger partial charge in [-0.1, -0.05) is 42.5 Å². The van der Waals surface area contributed by atoms with Crippen molar-refractivity contribution in [3.05, 3.63) is 71.5 Å². The first-order valence-electron chi connectivity index (χ1n) is 8.91. The van der Waals surface area contributed by atoms with Crippen LogP contribution in [0.1, 0.15) is 35.2 Å². The number of likely N-dealkylation sites (tertiary alicyclic amines) is 1. The minimum absolute atomic E-state index is 0.0788. The van der Waals surface area contributed by atoms with Crippen molar-refractivity contribution in [3.63, 3.8) is 0 Å². The Morgan fingerprint density at radius 2 is 1.85 bits per heavy atom. The third-order valence-electron chi connectivity index (χ3n) is 4.52. The quantitative estimate of drug-likeness (QED) is 0.764. The highest BCUT2D eigenvalue weighted by molar-refractivity contribution is 5.98. The molecule has 1 fully saturated rings. The predicted octanol–water partition coefficient (Wildman–Crippen LogP) is 2.71. The first kappa shape index (κ1) is 18.8. The summed E-state index contributed by atoms with van der Waals surface area (Å²) in [5.74, 6) is -0.748. The van der Waals surface area contributed by atoms with Gasteiger partial charge in [-0.3, -0.25) is 14.4 Å². The third-order valence-corrected chi connectivity index (χ3v) is 4.52. The number of carbonyl (C=O) groups excluding carboxylic acids is 3. The van der Waals surface area contributed by atoms with Gasteiger partial charge in [0.25, 0.3) is 0 Å². The molecule has 2 aromatic rings. The minimum atomic E-state index is -0.341. The van der Waals surface area contributed by atoms with E-state index >= 15 is 0 Å². The van der Waals surface area contributed by atoms with Gasteiger partial charge in [0, 0.05) is 37.9 Å². The lowest BCUT2D eigenvalue weighted by atomic mass is 10.1. The maximum absolute atomic E-state index is 13.3. The smallest absolute Gasteiger partial charge is 0.225 e. The molecule has 0 saturated carbocycles. The fourth-order valence-corrected chi connectivity index (χ4v) is 3.17. The number of hydrogen-bond acceptors (Lipinski definition) is 3. The summed E-state index contributed by atoms with van der Waals surface area (Å²) in [5, 5.41) is 2.82. The Bertz CT molecular complexity index is 838. The van der Waals surface area contributed by atoms with Crippen LogP contribution < -0.4 is 5.32 Å². The molecule has 6 heteroatoms. The molecule has 0 aromatic heterocycles. The summed E-state index contributed by atoms with van der Waals surface area (Å²) in [6.45, 7) is 0.698. The minimum Gasteiger partial charge on any atom is -0.351 e. The van der Waals surface area contributed by atoms with E-state index in [-0.39, 0.29) is 48.7 Å². The van der Waals surface area contributed by atoms with Crippen LogP contribution in [0, 0.1) is 5.82 Å². The van der Waals surface area contributed by atoms with Gasteiger partial charge >= 0.3 is 0 Å². The summed E-state index contributed by atoms with van der Waals surface area (Å²) in [7, 11) is 0. The van der Waals surface area contributed by atoms with E-state index < -0.39 is 0 Å². The molecule has 0 aliphatic carbocycles. The van der Waals surface area contributed by atoms with Crippen LogP contribution in [0.15, 0.2) is 54.6 Å². The van der Waals surface area contributed by atoms with Crippen molar-refractivity contribution in [2.45, 2.75) is 31.8 Å². The number of hydrogen-bond donors (Lipinski definition) is 1. The maximum atomic E-state index is 13.3. The van der Waals surface area contributed by atoms with Crippen LogP contribution in [0.25, 0.3) is 0 Å². The van der Waals surface area contributed by atoms with Crippen molar-refractivity contribution in [3.8, 4) is 0 Å². The van der Waals surface area contributed by atoms with Gasteiger partial charge in [0.1, 0.15) is 5.82 Å². The number of ketones is 1. The Morgan fingerprint density at radius 3 is 2.59 bits per heavy atom. The number of carbonyl (C=O) groups is 3. The van der Waals surface area contributed by atoms with Crippen molar-refractivity contribution in [2.75, 3.05) is 6.54 Å². The summed E-state index contributed by atoms with van der Waals surface area (Å²) >= 11 is 0. The summed E-state index contributed by atoms with van der Waals surface area (Å²) in [5.41, 5.74) is 1.30. The lowest BCUT2D eigenvalue weighted by molar-refractivity contribution is -0.128. The van der Waals surface area contributed by atoms with Crippen LogP contribution in [0.4, 0.5) is 4.39 Å². The third kappa shape index (κ3) is 5.23. The molecular weight excluding hydrogens is 347 g/mol.